The highest BCUT2D eigenvalue weighted by atomic mass is 19.4. The van der Waals surface area contributed by atoms with E-state index in [9.17, 15) is 13.2 Å². The molecule has 0 spiro atoms. The largest absolute Gasteiger partial charge is 0.401 e. The summed E-state index contributed by atoms with van der Waals surface area (Å²) in [4.78, 5) is 1.61. The number of benzene rings is 1. The molecule has 22 heavy (non-hydrogen) atoms. The monoisotopic (exact) mass is 315 g/mol. The van der Waals surface area contributed by atoms with Crippen molar-refractivity contribution in [3.8, 4) is 0 Å². The van der Waals surface area contributed by atoms with E-state index in [1.807, 2.05) is 37.4 Å². The summed E-state index contributed by atoms with van der Waals surface area (Å²) in [7, 11) is 1.85. The lowest BCUT2D eigenvalue weighted by Gasteiger charge is -2.38. The van der Waals surface area contributed by atoms with Crippen LogP contribution in [0.15, 0.2) is 30.3 Å². The van der Waals surface area contributed by atoms with Crippen LogP contribution in [-0.4, -0.2) is 55.4 Å². The van der Waals surface area contributed by atoms with Crippen LogP contribution in [0.4, 0.5) is 13.2 Å². The van der Waals surface area contributed by atoms with E-state index in [2.05, 4.69) is 10.4 Å². The minimum Gasteiger partial charge on any atom is -0.292 e. The first-order valence-electron chi connectivity index (χ1n) is 7.75. The number of nitrogens with zero attached hydrogens (tertiary/aromatic N) is 2. The molecule has 1 aliphatic heterocycles. The fourth-order valence-electron chi connectivity index (χ4n) is 2.99. The summed E-state index contributed by atoms with van der Waals surface area (Å²) >= 11 is 0. The Labute approximate surface area is 130 Å². The third-order valence-electron chi connectivity index (χ3n) is 4.21. The van der Waals surface area contributed by atoms with Gasteiger partial charge in [0, 0.05) is 25.7 Å². The Bertz CT molecular complexity index is 428. The topological polar surface area (TPSA) is 18.5 Å². The van der Waals surface area contributed by atoms with E-state index in [-0.39, 0.29) is 6.04 Å². The van der Waals surface area contributed by atoms with E-state index in [1.54, 1.807) is 4.90 Å². The van der Waals surface area contributed by atoms with E-state index in [0.717, 1.165) is 31.5 Å². The van der Waals surface area contributed by atoms with Crippen LogP contribution in [0.1, 0.15) is 18.4 Å². The van der Waals surface area contributed by atoms with Crippen molar-refractivity contribution in [2.75, 3.05) is 33.2 Å². The third-order valence-corrected chi connectivity index (χ3v) is 4.21. The number of rotatable bonds is 6. The molecule has 1 fully saturated rings. The van der Waals surface area contributed by atoms with Gasteiger partial charge < -0.3 is 0 Å². The number of hydrazine groups is 1. The summed E-state index contributed by atoms with van der Waals surface area (Å²) in [5, 5.41) is 2.06. The van der Waals surface area contributed by atoms with E-state index >= 15 is 0 Å². The number of hydrogen-bond acceptors (Lipinski definition) is 3. The Morgan fingerprint density at radius 1 is 1.18 bits per heavy atom. The van der Waals surface area contributed by atoms with Gasteiger partial charge in [-0.15, -0.1) is 0 Å². The number of nitrogens with one attached hydrogen (secondary N) is 1. The van der Waals surface area contributed by atoms with Crippen molar-refractivity contribution in [2.24, 2.45) is 0 Å². The van der Waals surface area contributed by atoms with Crippen LogP contribution in [0.5, 0.6) is 0 Å². The van der Waals surface area contributed by atoms with Crippen molar-refractivity contribution in [3.63, 3.8) is 0 Å². The number of piperidine rings is 1. The molecule has 1 aromatic rings. The molecule has 0 saturated carbocycles. The maximum atomic E-state index is 12.9. The summed E-state index contributed by atoms with van der Waals surface area (Å²) in [6.45, 7) is 1.22. The van der Waals surface area contributed by atoms with Gasteiger partial charge in [-0.25, -0.2) is 5.01 Å². The Kier molecular flexibility index (Phi) is 6.23. The van der Waals surface area contributed by atoms with Crippen LogP contribution in [-0.2, 0) is 6.42 Å². The number of alkyl halides is 3. The first-order valence-corrected chi connectivity index (χ1v) is 7.75. The Morgan fingerprint density at radius 3 is 2.36 bits per heavy atom. The SMILES string of the molecule is CNN1CCC(N(CCc2ccccc2)CC(F)(F)F)CC1. The molecule has 0 amide bonds. The highest BCUT2D eigenvalue weighted by molar-refractivity contribution is 5.14. The van der Waals surface area contributed by atoms with Crippen LogP contribution in [0.2, 0.25) is 0 Å². The maximum Gasteiger partial charge on any atom is 0.401 e. The van der Waals surface area contributed by atoms with Gasteiger partial charge in [0.1, 0.15) is 0 Å². The molecule has 0 bridgehead atoms. The number of hydrogen-bond donors (Lipinski definition) is 1. The standard InChI is InChI=1S/C16H24F3N3/c1-20-22-11-8-15(9-12-22)21(13-16(17,18)19)10-7-14-5-3-2-4-6-14/h2-6,15,20H,7-13H2,1H3. The van der Waals surface area contributed by atoms with Crippen LogP contribution >= 0.6 is 0 Å². The lowest BCUT2D eigenvalue weighted by atomic mass is 10.0. The molecule has 0 unspecified atom stereocenters. The predicted octanol–water partition coefficient (Wildman–Crippen LogP) is 2.69. The lowest BCUT2D eigenvalue weighted by Crippen LogP contribution is -2.50. The van der Waals surface area contributed by atoms with E-state index in [0.29, 0.717) is 13.0 Å². The normalized spacial score (nSPS) is 18.0. The van der Waals surface area contributed by atoms with Crippen LogP contribution in [0, 0.1) is 0 Å². The third kappa shape index (κ3) is 5.59. The molecule has 1 N–H and O–H groups in total. The minimum atomic E-state index is -4.14. The van der Waals surface area contributed by atoms with Gasteiger partial charge in [0.15, 0.2) is 0 Å². The highest BCUT2D eigenvalue weighted by Gasteiger charge is 2.34. The molecule has 0 aromatic heterocycles. The second-order valence-corrected chi connectivity index (χ2v) is 5.76. The molecule has 2 rings (SSSR count). The predicted molar refractivity (Wildman–Crippen MR) is 81.4 cm³/mol. The van der Waals surface area contributed by atoms with Crippen LogP contribution in [0.25, 0.3) is 0 Å². The average molecular weight is 315 g/mol. The molecule has 1 aliphatic rings. The van der Waals surface area contributed by atoms with Gasteiger partial charge >= 0.3 is 6.18 Å². The second kappa shape index (κ2) is 7.94. The fourth-order valence-corrected chi connectivity index (χ4v) is 2.99. The molecule has 1 saturated heterocycles. The Balaban J connectivity index is 1.94. The quantitative estimate of drug-likeness (QED) is 0.871. The molecule has 124 valence electrons. The van der Waals surface area contributed by atoms with E-state index in [4.69, 9.17) is 0 Å². The molecule has 0 radical (unpaired) electrons. The van der Waals surface area contributed by atoms with Gasteiger partial charge in [-0.1, -0.05) is 30.3 Å². The van der Waals surface area contributed by atoms with E-state index in [1.165, 1.54) is 0 Å². The van der Waals surface area contributed by atoms with Crippen LogP contribution in [0.3, 0.4) is 0 Å². The van der Waals surface area contributed by atoms with Crippen molar-refractivity contribution in [2.45, 2.75) is 31.5 Å². The van der Waals surface area contributed by atoms with Gasteiger partial charge in [0.25, 0.3) is 0 Å². The zero-order valence-corrected chi connectivity index (χ0v) is 12.9. The van der Waals surface area contributed by atoms with Crippen LogP contribution < -0.4 is 5.43 Å². The van der Waals surface area contributed by atoms with Crippen molar-refractivity contribution in [1.29, 1.82) is 0 Å². The van der Waals surface area contributed by atoms with Crippen molar-refractivity contribution in [1.82, 2.24) is 15.3 Å². The molecule has 6 heteroatoms. The lowest BCUT2D eigenvalue weighted by molar-refractivity contribution is -0.153. The molecule has 1 heterocycles. The first-order chi connectivity index (χ1) is 10.5. The molecular weight excluding hydrogens is 291 g/mol. The average Bonchev–Trinajstić information content (AvgIpc) is 2.51. The molecule has 0 atom stereocenters. The van der Waals surface area contributed by atoms with Gasteiger partial charge in [-0.2, -0.15) is 13.2 Å². The Hall–Kier alpha value is -1.11. The smallest absolute Gasteiger partial charge is 0.292 e. The zero-order chi connectivity index (χ0) is 16.0. The minimum absolute atomic E-state index is 0.00920. The first kappa shape index (κ1) is 17.2. The summed E-state index contributed by atoms with van der Waals surface area (Å²) in [6.07, 6.45) is -1.95. The Morgan fingerprint density at radius 2 is 1.82 bits per heavy atom. The summed E-state index contributed by atoms with van der Waals surface area (Å²) in [6, 6.07) is 9.72. The molecule has 3 nitrogen and oxygen atoms in total. The van der Waals surface area contributed by atoms with Crippen molar-refractivity contribution in [3.05, 3.63) is 35.9 Å². The maximum absolute atomic E-state index is 12.9. The number of halogens is 3. The molecular formula is C16H24F3N3. The van der Waals surface area contributed by atoms with Crippen molar-refractivity contribution < 1.29 is 13.2 Å². The summed E-state index contributed by atoms with van der Waals surface area (Å²) < 4.78 is 38.6. The molecule has 1 aromatic carbocycles. The zero-order valence-electron chi connectivity index (χ0n) is 12.9. The van der Waals surface area contributed by atoms with Gasteiger partial charge in [-0.05, 0) is 31.9 Å². The highest BCUT2D eigenvalue weighted by Crippen LogP contribution is 2.22. The molecule has 0 aliphatic carbocycles. The van der Waals surface area contributed by atoms with Gasteiger partial charge in [-0.3, -0.25) is 10.3 Å². The van der Waals surface area contributed by atoms with Gasteiger partial charge in [0.05, 0.1) is 6.54 Å². The van der Waals surface area contributed by atoms with Gasteiger partial charge in [0.2, 0.25) is 0 Å². The van der Waals surface area contributed by atoms with Crippen molar-refractivity contribution >= 4 is 0 Å². The summed E-state index contributed by atoms with van der Waals surface area (Å²) in [5.41, 5.74) is 4.15. The second-order valence-electron chi connectivity index (χ2n) is 5.76. The summed E-state index contributed by atoms with van der Waals surface area (Å²) in [5.74, 6) is 0. The van der Waals surface area contributed by atoms with E-state index < -0.39 is 12.7 Å². The fraction of sp³-hybridized carbons (Fsp3) is 0.625.